The van der Waals surface area contributed by atoms with Gasteiger partial charge >= 0.3 is 0 Å². The summed E-state index contributed by atoms with van der Waals surface area (Å²) in [6.07, 6.45) is 2.43. The Balaban J connectivity index is 1.38. The van der Waals surface area contributed by atoms with E-state index in [1.807, 2.05) is 18.2 Å². The van der Waals surface area contributed by atoms with Gasteiger partial charge in [-0.3, -0.25) is 14.5 Å². The lowest BCUT2D eigenvalue weighted by molar-refractivity contribution is -0.132. The number of hydrogen-bond acceptors (Lipinski definition) is 4. The van der Waals surface area contributed by atoms with Gasteiger partial charge in [-0.15, -0.1) is 0 Å². The predicted molar refractivity (Wildman–Crippen MR) is 123 cm³/mol. The Morgan fingerprint density at radius 3 is 2.56 bits per heavy atom. The molecule has 2 aliphatic rings. The molecular weight excluding hydrogens is 449 g/mol. The van der Waals surface area contributed by atoms with E-state index >= 15 is 0 Å². The summed E-state index contributed by atoms with van der Waals surface area (Å²) in [7, 11) is 0. The molecule has 0 saturated carbocycles. The normalized spacial score (nSPS) is 15.1. The Morgan fingerprint density at radius 2 is 1.78 bits per heavy atom. The number of benzene rings is 2. The molecule has 0 aliphatic carbocycles. The van der Waals surface area contributed by atoms with E-state index < -0.39 is 0 Å². The monoisotopic (exact) mass is 467 g/mol. The first kappa shape index (κ1) is 20.8. The Labute approximate surface area is 195 Å². The number of aromatic nitrogens is 1. The summed E-state index contributed by atoms with van der Waals surface area (Å²) in [5.41, 5.74) is 3.94. The number of anilines is 1. The van der Waals surface area contributed by atoms with Gasteiger partial charge in [-0.05, 0) is 47.4 Å². The van der Waals surface area contributed by atoms with E-state index in [2.05, 4.69) is 11.1 Å². The zero-order chi connectivity index (χ0) is 22.2. The first-order valence-electron chi connectivity index (χ1n) is 10.2. The van der Waals surface area contributed by atoms with Crippen LogP contribution in [0.25, 0.3) is 11.1 Å². The number of amides is 2. The second kappa shape index (κ2) is 8.45. The van der Waals surface area contributed by atoms with Crippen LogP contribution >= 0.6 is 23.2 Å². The molecule has 3 heterocycles. The van der Waals surface area contributed by atoms with Crippen molar-refractivity contribution < 1.29 is 14.3 Å². The summed E-state index contributed by atoms with van der Waals surface area (Å²) >= 11 is 12.2. The molecule has 0 bridgehead atoms. The van der Waals surface area contributed by atoms with Crippen LogP contribution in [0.2, 0.25) is 10.0 Å². The average Bonchev–Trinajstić information content (AvgIpc) is 2.79. The average molecular weight is 468 g/mol. The van der Waals surface area contributed by atoms with Gasteiger partial charge in [-0.25, -0.2) is 4.98 Å². The quantitative estimate of drug-likeness (QED) is 0.573. The van der Waals surface area contributed by atoms with Crippen molar-refractivity contribution in [2.45, 2.75) is 13.0 Å². The molecule has 2 aromatic carbocycles. The fraction of sp³-hybridized carbons (Fsp3) is 0.208. The van der Waals surface area contributed by atoms with Crippen molar-refractivity contribution in [1.82, 2.24) is 9.88 Å². The summed E-state index contributed by atoms with van der Waals surface area (Å²) in [5, 5.41) is 1.02. The SMILES string of the molecule is O=C(CN1C(=O)COc2cc(-c3cc(Cl)cc(Cl)c3)cnc21)N1CCc2ccccc2C1. The molecule has 0 fully saturated rings. The van der Waals surface area contributed by atoms with Crippen molar-refractivity contribution in [1.29, 1.82) is 0 Å². The van der Waals surface area contributed by atoms with Crippen LogP contribution in [0.15, 0.2) is 54.7 Å². The molecule has 5 rings (SSSR count). The van der Waals surface area contributed by atoms with Crippen molar-refractivity contribution in [3.63, 3.8) is 0 Å². The minimum atomic E-state index is -0.297. The number of ether oxygens (including phenoxy) is 1. The molecule has 8 heteroatoms. The fourth-order valence-corrected chi connectivity index (χ4v) is 4.59. The zero-order valence-electron chi connectivity index (χ0n) is 17.1. The van der Waals surface area contributed by atoms with Crippen molar-refractivity contribution in [3.05, 3.63) is 75.9 Å². The Hall–Kier alpha value is -3.09. The second-order valence-corrected chi connectivity index (χ2v) is 8.68. The van der Waals surface area contributed by atoms with E-state index in [1.165, 1.54) is 10.5 Å². The molecule has 2 aliphatic heterocycles. The van der Waals surface area contributed by atoms with Gasteiger partial charge in [0.25, 0.3) is 5.91 Å². The van der Waals surface area contributed by atoms with Crippen LogP contribution in [0.3, 0.4) is 0 Å². The number of pyridine rings is 1. The maximum Gasteiger partial charge on any atom is 0.266 e. The standard InChI is InChI=1S/C24H19Cl2N3O3/c25-19-7-17(8-20(26)10-19)18-9-21-24(27-11-18)29(23(31)14-32-21)13-22(30)28-6-5-15-3-1-2-4-16(15)12-28/h1-4,7-11H,5-6,12-14H2. The summed E-state index contributed by atoms with van der Waals surface area (Å²) in [6.45, 7) is 0.947. The Bertz CT molecular complexity index is 1210. The van der Waals surface area contributed by atoms with E-state index in [0.717, 1.165) is 23.1 Å². The minimum absolute atomic E-state index is 0.0767. The van der Waals surface area contributed by atoms with Crippen LogP contribution in [0.1, 0.15) is 11.1 Å². The molecule has 0 N–H and O–H groups in total. The number of carbonyl (C=O) groups is 2. The number of carbonyl (C=O) groups excluding carboxylic acids is 2. The van der Waals surface area contributed by atoms with Crippen LogP contribution in [-0.2, 0) is 22.6 Å². The number of halogens is 2. The topological polar surface area (TPSA) is 62.7 Å². The molecule has 0 radical (unpaired) electrons. The van der Waals surface area contributed by atoms with E-state index in [9.17, 15) is 9.59 Å². The highest BCUT2D eigenvalue weighted by Crippen LogP contribution is 2.35. The Morgan fingerprint density at radius 1 is 1.03 bits per heavy atom. The number of rotatable bonds is 3. The van der Waals surface area contributed by atoms with Crippen molar-refractivity contribution in [2.75, 3.05) is 24.6 Å². The molecule has 0 atom stereocenters. The lowest BCUT2D eigenvalue weighted by Crippen LogP contribution is -2.47. The van der Waals surface area contributed by atoms with E-state index in [1.54, 1.807) is 35.4 Å². The lowest BCUT2D eigenvalue weighted by atomic mass is 10.00. The van der Waals surface area contributed by atoms with Crippen LogP contribution in [0.5, 0.6) is 5.75 Å². The Kier molecular flexibility index (Phi) is 5.49. The van der Waals surface area contributed by atoms with Crippen LogP contribution < -0.4 is 9.64 Å². The third-order valence-electron chi connectivity index (χ3n) is 5.71. The van der Waals surface area contributed by atoms with Gasteiger partial charge in [0.1, 0.15) is 6.54 Å². The molecule has 2 amide bonds. The number of nitrogens with zero attached hydrogens (tertiary/aromatic N) is 3. The van der Waals surface area contributed by atoms with Crippen LogP contribution in [-0.4, -0.2) is 41.4 Å². The van der Waals surface area contributed by atoms with Crippen molar-refractivity contribution in [2.24, 2.45) is 0 Å². The molecule has 32 heavy (non-hydrogen) atoms. The van der Waals surface area contributed by atoms with Crippen LogP contribution in [0, 0.1) is 0 Å². The highest BCUT2D eigenvalue weighted by molar-refractivity contribution is 6.35. The summed E-state index contributed by atoms with van der Waals surface area (Å²) in [6, 6.07) is 15.1. The maximum absolute atomic E-state index is 13.0. The predicted octanol–water partition coefficient (Wildman–Crippen LogP) is 4.37. The van der Waals surface area contributed by atoms with Gasteiger partial charge in [0.05, 0.1) is 0 Å². The van der Waals surface area contributed by atoms with Gasteiger partial charge in [-0.1, -0.05) is 47.5 Å². The molecule has 162 valence electrons. The number of hydrogen-bond donors (Lipinski definition) is 0. The molecule has 0 saturated heterocycles. The van der Waals surface area contributed by atoms with E-state index in [-0.39, 0.29) is 25.0 Å². The summed E-state index contributed by atoms with van der Waals surface area (Å²) in [4.78, 5) is 33.2. The van der Waals surface area contributed by atoms with Gasteiger partial charge < -0.3 is 9.64 Å². The van der Waals surface area contributed by atoms with E-state index in [0.29, 0.717) is 34.7 Å². The smallest absolute Gasteiger partial charge is 0.266 e. The van der Waals surface area contributed by atoms with Gasteiger partial charge in [0.15, 0.2) is 18.2 Å². The first-order valence-corrected chi connectivity index (χ1v) is 11.0. The van der Waals surface area contributed by atoms with Gasteiger partial charge in [-0.2, -0.15) is 0 Å². The summed E-state index contributed by atoms with van der Waals surface area (Å²) in [5.74, 6) is 0.362. The zero-order valence-corrected chi connectivity index (χ0v) is 18.6. The molecule has 0 unspecified atom stereocenters. The minimum Gasteiger partial charge on any atom is -0.480 e. The largest absolute Gasteiger partial charge is 0.480 e. The van der Waals surface area contributed by atoms with Gasteiger partial charge in [0.2, 0.25) is 5.91 Å². The molecule has 3 aromatic rings. The van der Waals surface area contributed by atoms with Crippen LogP contribution in [0.4, 0.5) is 5.82 Å². The second-order valence-electron chi connectivity index (χ2n) is 7.81. The first-order chi connectivity index (χ1) is 15.5. The van der Waals surface area contributed by atoms with E-state index in [4.69, 9.17) is 27.9 Å². The highest BCUT2D eigenvalue weighted by atomic mass is 35.5. The molecule has 1 aromatic heterocycles. The molecular formula is C24H19Cl2N3O3. The summed E-state index contributed by atoms with van der Waals surface area (Å²) < 4.78 is 5.62. The van der Waals surface area contributed by atoms with Gasteiger partial charge in [0, 0.05) is 34.9 Å². The fourth-order valence-electron chi connectivity index (χ4n) is 4.07. The lowest BCUT2D eigenvalue weighted by Gasteiger charge is -2.33. The molecule has 0 spiro atoms. The molecule has 6 nitrogen and oxygen atoms in total. The third kappa shape index (κ3) is 4.04. The third-order valence-corrected chi connectivity index (χ3v) is 6.15. The number of fused-ring (bicyclic) bond motifs is 2. The maximum atomic E-state index is 13.0. The van der Waals surface area contributed by atoms with Crippen molar-refractivity contribution >= 4 is 40.8 Å². The highest BCUT2D eigenvalue weighted by Gasteiger charge is 2.31. The van der Waals surface area contributed by atoms with Crippen molar-refractivity contribution in [3.8, 4) is 16.9 Å².